The highest BCUT2D eigenvalue weighted by Gasteiger charge is 2.50. The van der Waals surface area contributed by atoms with Gasteiger partial charge in [0, 0.05) is 17.3 Å². The number of amides is 1. The molecule has 0 unspecified atom stereocenters. The zero-order valence-corrected chi connectivity index (χ0v) is 18.5. The van der Waals surface area contributed by atoms with Crippen LogP contribution >= 0.6 is 11.3 Å². The van der Waals surface area contributed by atoms with Crippen molar-refractivity contribution in [2.45, 2.75) is 63.8 Å². The van der Waals surface area contributed by atoms with E-state index in [0.717, 1.165) is 27.3 Å². The first-order valence-electron chi connectivity index (χ1n) is 10.0. The topological polar surface area (TPSA) is 70.0 Å². The number of para-hydroxylation sites is 1. The van der Waals surface area contributed by atoms with Gasteiger partial charge in [-0.2, -0.15) is 23.3 Å². The molecular formula is C21H24F3N5OS. The molecule has 1 amide bonds. The van der Waals surface area contributed by atoms with Crippen LogP contribution in [0.1, 0.15) is 40.5 Å². The van der Waals surface area contributed by atoms with Crippen molar-refractivity contribution in [2.75, 3.05) is 5.01 Å². The van der Waals surface area contributed by atoms with Crippen LogP contribution in [-0.4, -0.2) is 46.1 Å². The maximum Gasteiger partial charge on any atom is 0.432 e. The molecule has 0 spiro atoms. The maximum absolute atomic E-state index is 13.7. The summed E-state index contributed by atoms with van der Waals surface area (Å²) < 4.78 is 41.8. The number of hydrogen-bond donors (Lipinski definition) is 1. The van der Waals surface area contributed by atoms with Crippen molar-refractivity contribution in [2.24, 2.45) is 16.0 Å². The average Bonchev–Trinajstić information content (AvgIpc) is 3.17. The first-order valence-corrected chi connectivity index (χ1v) is 10.8. The Morgan fingerprint density at radius 2 is 1.84 bits per heavy atom. The molecule has 6 nitrogen and oxygen atoms in total. The van der Waals surface area contributed by atoms with Gasteiger partial charge in [-0.3, -0.25) is 9.79 Å². The molecule has 2 aliphatic heterocycles. The molecule has 1 fully saturated rings. The number of carbonyl (C=O) groups is 1. The summed E-state index contributed by atoms with van der Waals surface area (Å²) in [5, 5.41) is 8.02. The smallest absolute Gasteiger partial charge is 0.307 e. The number of nitrogens with one attached hydrogen (secondary N) is 1. The van der Waals surface area contributed by atoms with Gasteiger partial charge in [0.1, 0.15) is 5.92 Å². The lowest BCUT2D eigenvalue weighted by atomic mass is 9.80. The van der Waals surface area contributed by atoms with Crippen LogP contribution in [0.3, 0.4) is 0 Å². The van der Waals surface area contributed by atoms with Crippen LogP contribution in [0.2, 0.25) is 0 Å². The predicted octanol–water partition coefficient (Wildman–Crippen LogP) is 4.56. The van der Waals surface area contributed by atoms with Gasteiger partial charge >= 0.3 is 6.18 Å². The second-order valence-electron chi connectivity index (χ2n) is 9.33. The van der Waals surface area contributed by atoms with Gasteiger partial charge in [0.15, 0.2) is 5.71 Å². The van der Waals surface area contributed by atoms with Gasteiger partial charge < -0.3 is 5.32 Å². The molecule has 2 aromatic rings. The molecule has 0 radical (unpaired) electrons. The zero-order valence-electron chi connectivity index (χ0n) is 17.7. The van der Waals surface area contributed by atoms with E-state index in [0.29, 0.717) is 18.4 Å². The van der Waals surface area contributed by atoms with Gasteiger partial charge in [0.05, 0.1) is 16.3 Å². The van der Waals surface area contributed by atoms with E-state index in [-0.39, 0.29) is 22.3 Å². The summed E-state index contributed by atoms with van der Waals surface area (Å²) in [7, 11) is 0. The minimum Gasteiger partial charge on any atom is -0.307 e. The molecule has 1 atom stereocenters. The number of hydrogen-bond acceptors (Lipinski definition) is 6. The summed E-state index contributed by atoms with van der Waals surface area (Å²) in [6.07, 6.45) is -2.30. The van der Waals surface area contributed by atoms with Crippen LogP contribution in [-0.2, 0) is 4.79 Å². The summed E-state index contributed by atoms with van der Waals surface area (Å²) in [6.45, 7) is 8.15. The van der Waals surface area contributed by atoms with Gasteiger partial charge in [0.25, 0.3) is 5.91 Å². The third-order valence-electron chi connectivity index (χ3n) is 5.35. The Morgan fingerprint density at radius 1 is 1.19 bits per heavy atom. The number of aliphatic imine (C=N–C) groups is 1. The summed E-state index contributed by atoms with van der Waals surface area (Å²) >= 11 is 1.13. The molecule has 1 N–H and O–H groups in total. The minimum absolute atomic E-state index is 0.119. The Kier molecular flexibility index (Phi) is 5.20. The molecule has 0 saturated carbocycles. The average molecular weight is 452 g/mol. The molecule has 2 aliphatic rings. The highest BCUT2D eigenvalue weighted by molar-refractivity contribution is 7.22. The van der Waals surface area contributed by atoms with E-state index in [2.05, 4.69) is 20.4 Å². The van der Waals surface area contributed by atoms with Gasteiger partial charge in [-0.25, -0.2) is 4.98 Å². The van der Waals surface area contributed by atoms with E-state index >= 15 is 0 Å². The highest BCUT2D eigenvalue weighted by Crippen LogP contribution is 2.36. The van der Waals surface area contributed by atoms with E-state index in [1.165, 1.54) is 0 Å². The molecule has 3 heterocycles. The van der Waals surface area contributed by atoms with Crippen molar-refractivity contribution in [1.29, 1.82) is 0 Å². The van der Waals surface area contributed by atoms with Gasteiger partial charge in [0.2, 0.25) is 5.13 Å². The molecule has 0 aliphatic carbocycles. The zero-order chi connectivity index (χ0) is 22.6. The van der Waals surface area contributed by atoms with E-state index in [1.807, 2.05) is 27.7 Å². The number of benzene rings is 1. The number of carbonyl (C=O) groups excluding carboxylic acids is 1. The van der Waals surface area contributed by atoms with Crippen molar-refractivity contribution in [3.8, 4) is 0 Å². The summed E-state index contributed by atoms with van der Waals surface area (Å²) in [5.41, 5.74) is -0.974. The fourth-order valence-corrected chi connectivity index (χ4v) is 5.43. The fraction of sp³-hybridized carbons (Fsp3) is 0.524. The third kappa shape index (κ3) is 4.50. The highest BCUT2D eigenvalue weighted by atomic mass is 32.1. The van der Waals surface area contributed by atoms with Crippen molar-refractivity contribution < 1.29 is 18.0 Å². The largest absolute Gasteiger partial charge is 0.432 e. The number of piperidine rings is 1. The van der Waals surface area contributed by atoms with Crippen LogP contribution in [0.15, 0.2) is 34.4 Å². The Morgan fingerprint density at radius 3 is 2.45 bits per heavy atom. The molecule has 0 bridgehead atoms. The Labute approximate surface area is 182 Å². The van der Waals surface area contributed by atoms with Crippen LogP contribution in [0.5, 0.6) is 0 Å². The number of nitrogens with zero attached hydrogens (tertiary/aromatic N) is 4. The van der Waals surface area contributed by atoms with E-state index in [4.69, 9.17) is 0 Å². The van der Waals surface area contributed by atoms with Crippen molar-refractivity contribution in [3.63, 3.8) is 0 Å². The quantitative estimate of drug-likeness (QED) is 0.696. The third-order valence-corrected chi connectivity index (χ3v) is 6.36. The molecule has 4 rings (SSSR count). The number of thiazole rings is 1. The first-order chi connectivity index (χ1) is 14.3. The number of hydrazone groups is 1. The molecular weight excluding hydrogens is 427 g/mol. The van der Waals surface area contributed by atoms with Crippen LogP contribution in [0, 0.1) is 5.92 Å². The number of fused-ring (bicyclic) bond motifs is 1. The second kappa shape index (κ2) is 7.37. The lowest BCUT2D eigenvalue weighted by molar-refractivity contribution is -0.119. The number of aromatic nitrogens is 1. The van der Waals surface area contributed by atoms with Crippen LogP contribution in [0.25, 0.3) is 10.2 Å². The molecule has 1 aromatic heterocycles. The normalized spacial score (nSPS) is 24.4. The molecule has 31 heavy (non-hydrogen) atoms. The summed E-state index contributed by atoms with van der Waals surface area (Å²) in [4.78, 5) is 21.7. The van der Waals surface area contributed by atoms with E-state index < -0.39 is 23.7 Å². The van der Waals surface area contributed by atoms with Crippen LogP contribution in [0.4, 0.5) is 18.3 Å². The van der Waals surface area contributed by atoms with Crippen molar-refractivity contribution >= 4 is 44.5 Å². The van der Waals surface area contributed by atoms with E-state index in [9.17, 15) is 18.0 Å². The predicted molar refractivity (Wildman–Crippen MR) is 117 cm³/mol. The monoisotopic (exact) mass is 451 g/mol. The lowest BCUT2D eigenvalue weighted by Gasteiger charge is -2.45. The SMILES string of the molecule is CC1(C)CC(N=C[C@@H]2C(=O)N(c3nc4ccccc4s3)N=C2C(F)(F)F)CC(C)(C)N1. The number of rotatable bonds is 3. The molecule has 1 saturated heterocycles. The Hall–Kier alpha value is -2.33. The van der Waals surface area contributed by atoms with Gasteiger partial charge in [-0.15, -0.1) is 0 Å². The molecule has 1 aromatic carbocycles. The van der Waals surface area contributed by atoms with Gasteiger partial charge in [-0.1, -0.05) is 23.5 Å². The summed E-state index contributed by atoms with van der Waals surface area (Å²) in [6, 6.07) is 6.93. The number of anilines is 1. The lowest BCUT2D eigenvalue weighted by Crippen LogP contribution is -2.58. The molecule has 166 valence electrons. The number of alkyl halides is 3. The Bertz CT molecular complexity index is 1020. The summed E-state index contributed by atoms with van der Waals surface area (Å²) in [5.74, 6) is -2.37. The maximum atomic E-state index is 13.7. The van der Waals surface area contributed by atoms with E-state index in [1.54, 1.807) is 24.3 Å². The first kappa shape index (κ1) is 21.9. The second-order valence-corrected chi connectivity index (χ2v) is 10.3. The van der Waals surface area contributed by atoms with Crippen molar-refractivity contribution in [3.05, 3.63) is 24.3 Å². The standard InChI is InChI=1S/C21H24F3N5OS/c1-19(2)9-12(10-20(3,4)28-19)25-11-13-16(21(22,23)24)27-29(17(13)30)18-26-14-7-5-6-8-15(14)31-18/h5-8,11-13,28H,9-10H2,1-4H3/t13-/m0/s1. The molecule has 10 heteroatoms. The van der Waals surface area contributed by atoms with Gasteiger partial charge in [-0.05, 0) is 52.7 Å². The minimum atomic E-state index is -4.75. The number of halogens is 3. The fourth-order valence-electron chi connectivity index (χ4n) is 4.50. The van der Waals surface area contributed by atoms with Crippen LogP contribution < -0.4 is 10.3 Å². The van der Waals surface area contributed by atoms with Crippen molar-refractivity contribution in [1.82, 2.24) is 10.3 Å². The Balaban J connectivity index is 1.63.